The van der Waals surface area contributed by atoms with Crippen molar-refractivity contribution in [2.24, 2.45) is 11.8 Å². The highest BCUT2D eigenvalue weighted by Crippen LogP contribution is 2.30. The number of rotatable bonds is 8. The molecular formula is C25H37N3O4S. The van der Waals surface area contributed by atoms with E-state index in [2.05, 4.69) is 34.6 Å². The topological polar surface area (TPSA) is 80.8 Å². The molecule has 1 fully saturated rings. The molecule has 1 aliphatic carbocycles. The van der Waals surface area contributed by atoms with Crippen molar-refractivity contribution < 1.29 is 19.1 Å². The lowest BCUT2D eigenvalue weighted by Gasteiger charge is -2.35. The Labute approximate surface area is 201 Å². The highest BCUT2D eigenvalue weighted by Gasteiger charge is 2.41. The molecule has 0 spiro atoms. The van der Waals surface area contributed by atoms with E-state index in [-0.39, 0.29) is 24.1 Å². The number of amides is 2. The summed E-state index contributed by atoms with van der Waals surface area (Å²) in [5.41, 5.74) is -0.570. The molecule has 1 saturated heterocycles. The molecule has 182 valence electrons. The molecule has 1 aliphatic heterocycles. The van der Waals surface area contributed by atoms with E-state index >= 15 is 0 Å². The lowest BCUT2D eigenvalue weighted by Crippen LogP contribution is -2.51. The zero-order valence-corrected chi connectivity index (χ0v) is 21.1. The third-order valence-corrected chi connectivity index (χ3v) is 7.05. The van der Waals surface area contributed by atoms with Crippen molar-refractivity contribution >= 4 is 23.3 Å². The van der Waals surface area contributed by atoms with Crippen LogP contribution >= 0.6 is 11.3 Å². The van der Waals surface area contributed by atoms with Gasteiger partial charge in [0.1, 0.15) is 10.6 Å². The van der Waals surface area contributed by atoms with Crippen molar-refractivity contribution in [2.75, 3.05) is 13.7 Å². The summed E-state index contributed by atoms with van der Waals surface area (Å²) in [6.45, 7) is 8.05. The SMILES string of the molecule is CO[C@H]([C@@H](C)C(=O)N[C@@H](CC1C=CC=CC1)c1nccs1)[C@@H]1CCCN1C(=O)OC(C)(C)C. The zero-order chi connectivity index (χ0) is 24.0. The third kappa shape index (κ3) is 6.90. The van der Waals surface area contributed by atoms with Crippen LogP contribution in [0.1, 0.15) is 64.4 Å². The van der Waals surface area contributed by atoms with Gasteiger partial charge in [-0.3, -0.25) is 4.79 Å². The molecule has 3 rings (SSSR count). The number of carbonyl (C=O) groups is 2. The van der Waals surface area contributed by atoms with Gasteiger partial charge >= 0.3 is 6.09 Å². The number of nitrogens with one attached hydrogen (secondary N) is 1. The minimum Gasteiger partial charge on any atom is -0.444 e. The van der Waals surface area contributed by atoms with Crippen LogP contribution in [0.2, 0.25) is 0 Å². The van der Waals surface area contributed by atoms with Crippen molar-refractivity contribution in [3.63, 3.8) is 0 Å². The van der Waals surface area contributed by atoms with E-state index in [9.17, 15) is 9.59 Å². The summed E-state index contributed by atoms with van der Waals surface area (Å²) >= 11 is 1.55. The number of nitrogens with zero attached hydrogens (tertiary/aromatic N) is 2. The molecule has 2 heterocycles. The van der Waals surface area contributed by atoms with Crippen molar-refractivity contribution in [3.05, 3.63) is 40.9 Å². The Hall–Kier alpha value is -2.19. The Morgan fingerprint density at radius 3 is 2.73 bits per heavy atom. The average Bonchev–Trinajstić information content (AvgIpc) is 3.46. The van der Waals surface area contributed by atoms with Crippen LogP contribution in [0.4, 0.5) is 4.79 Å². The number of carbonyl (C=O) groups excluding carboxylic acids is 2. The highest BCUT2D eigenvalue weighted by atomic mass is 32.1. The fraction of sp³-hybridized carbons (Fsp3) is 0.640. The number of aromatic nitrogens is 1. The number of methoxy groups -OCH3 is 1. The predicted molar refractivity (Wildman–Crippen MR) is 130 cm³/mol. The molecule has 0 aromatic carbocycles. The normalized spacial score (nSPS) is 23.2. The number of ether oxygens (including phenoxy) is 2. The summed E-state index contributed by atoms with van der Waals surface area (Å²) in [5.74, 6) is -0.170. The summed E-state index contributed by atoms with van der Waals surface area (Å²) < 4.78 is 11.4. The molecule has 0 radical (unpaired) electrons. The predicted octanol–water partition coefficient (Wildman–Crippen LogP) is 4.87. The summed E-state index contributed by atoms with van der Waals surface area (Å²) in [4.78, 5) is 32.3. The Morgan fingerprint density at radius 1 is 1.33 bits per heavy atom. The van der Waals surface area contributed by atoms with Gasteiger partial charge in [-0.05, 0) is 52.4 Å². The molecule has 7 nitrogen and oxygen atoms in total. The van der Waals surface area contributed by atoms with Crippen molar-refractivity contribution in [2.45, 2.75) is 77.2 Å². The first kappa shape index (κ1) is 25.4. The number of likely N-dealkylation sites (tertiary alicyclic amines) is 1. The Morgan fingerprint density at radius 2 is 2.12 bits per heavy atom. The van der Waals surface area contributed by atoms with Gasteiger partial charge < -0.3 is 19.7 Å². The maximum absolute atomic E-state index is 13.4. The third-order valence-electron chi connectivity index (χ3n) is 6.16. The Bertz CT molecular complexity index is 846. The highest BCUT2D eigenvalue weighted by molar-refractivity contribution is 7.09. The first-order valence-corrected chi connectivity index (χ1v) is 12.6. The summed E-state index contributed by atoms with van der Waals surface area (Å²) in [6.07, 6.45) is 12.8. The molecule has 5 atom stereocenters. The fourth-order valence-electron chi connectivity index (χ4n) is 4.57. The van der Waals surface area contributed by atoms with E-state index in [0.717, 1.165) is 30.7 Å². The van der Waals surface area contributed by atoms with Crippen molar-refractivity contribution in [1.82, 2.24) is 15.2 Å². The molecule has 1 N–H and O–H groups in total. The average molecular weight is 476 g/mol. The van der Waals surface area contributed by atoms with E-state index in [4.69, 9.17) is 9.47 Å². The van der Waals surface area contributed by atoms with E-state index in [0.29, 0.717) is 12.5 Å². The van der Waals surface area contributed by atoms with E-state index in [1.54, 1.807) is 29.5 Å². The van der Waals surface area contributed by atoms with Gasteiger partial charge in [-0.2, -0.15) is 0 Å². The lowest BCUT2D eigenvalue weighted by molar-refractivity contribution is -0.131. The molecule has 1 aromatic heterocycles. The van der Waals surface area contributed by atoms with E-state index in [1.165, 1.54) is 0 Å². The second-order valence-corrected chi connectivity index (χ2v) is 10.8. The van der Waals surface area contributed by atoms with Gasteiger partial charge in [-0.1, -0.05) is 31.2 Å². The maximum atomic E-state index is 13.4. The molecule has 2 aliphatic rings. The number of hydrogen-bond acceptors (Lipinski definition) is 6. The second kappa shape index (κ2) is 11.3. The molecule has 33 heavy (non-hydrogen) atoms. The van der Waals surface area contributed by atoms with Crippen LogP contribution in [0.3, 0.4) is 0 Å². The van der Waals surface area contributed by atoms with Gasteiger partial charge in [0, 0.05) is 25.2 Å². The minimum atomic E-state index is -0.570. The van der Waals surface area contributed by atoms with Gasteiger partial charge in [-0.15, -0.1) is 11.3 Å². The molecule has 0 saturated carbocycles. The fourth-order valence-corrected chi connectivity index (χ4v) is 5.27. The number of allylic oxidation sites excluding steroid dienone is 4. The summed E-state index contributed by atoms with van der Waals surface area (Å²) in [7, 11) is 1.61. The summed E-state index contributed by atoms with van der Waals surface area (Å²) in [5, 5.41) is 6.06. The van der Waals surface area contributed by atoms with E-state index < -0.39 is 17.6 Å². The van der Waals surface area contributed by atoms with Gasteiger partial charge in [0.05, 0.1) is 24.1 Å². The second-order valence-electron chi connectivity index (χ2n) is 9.85. The number of thiazole rings is 1. The van der Waals surface area contributed by atoms with Crippen molar-refractivity contribution in [3.8, 4) is 0 Å². The first-order valence-electron chi connectivity index (χ1n) is 11.7. The van der Waals surface area contributed by atoms with Gasteiger partial charge in [0.25, 0.3) is 0 Å². The molecule has 8 heteroatoms. The molecule has 1 unspecified atom stereocenters. The summed E-state index contributed by atoms with van der Waals surface area (Å²) in [6, 6.07) is -0.362. The van der Waals surface area contributed by atoms with E-state index in [1.807, 2.05) is 33.1 Å². The van der Waals surface area contributed by atoms with Crippen LogP contribution in [0.15, 0.2) is 35.9 Å². The monoisotopic (exact) mass is 475 g/mol. The smallest absolute Gasteiger partial charge is 0.410 e. The van der Waals surface area contributed by atoms with Crippen LogP contribution in [0.5, 0.6) is 0 Å². The minimum absolute atomic E-state index is 0.0894. The van der Waals surface area contributed by atoms with Gasteiger partial charge in [0.15, 0.2) is 0 Å². The Kier molecular flexibility index (Phi) is 8.70. The van der Waals surface area contributed by atoms with Crippen LogP contribution in [-0.4, -0.2) is 53.3 Å². The first-order chi connectivity index (χ1) is 15.7. The molecular weight excluding hydrogens is 438 g/mol. The van der Waals surface area contributed by atoms with Gasteiger partial charge in [0.2, 0.25) is 5.91 Å². The molecule has 1 aromatic rings. The lowest BCUT2D eigenvalue weighted by atomic mass is 9.92. The largest absolute Gasteiger partial charge is 0.444 e. The standard InChI is InChI=1S/C25H37N3O4S/c1-17(21(31-5)20-12-9-14-28(20)24(30)32-25(2,3)4)22(29)27-19(23-26-13-15-33-23)16-18-10-7-6-8-11-18/h6-8,10,13,15,17-21H,9,11-12,14,16H2,1-5H3,(H,27,29)/t17-,18?,19+,20+,21-/m1/s1. The van der Waals surface area contributed by atoms with Crippen LogP contribution in [0, 0.1) is 11.8 Å². The molecule has 2 amide bonds. The Balaban J connectivity index is 1.69. The van der Waals surface area contributed by atoms with Crippen LogP contribution in [-0.2, 0) is 14.3 Å². The maximum Gasteiger partial charge on any atom is 0.410 e. The van der Waals surface area contributed by atoms with Crippen LogP contribution < -0.4 is 5.32 Å². The van der Waals surface area contributed by atoms with Crippen LogP contribution in [0.25, 0.3) is 0 Å². The van der Waals surface area contributed by atoms with Gasteiger partial charge in [-0.25, -0.2) is 9.78 Å². The van der Waals surface area contributed by atoms with Crippen molar-refractivity contribution in [1.29, 1.82) is 0 Å². The molecule has 0 bridgehead atoms. The zero-order valence-electron chi connectivity index (χ0n) is 20.3. The quantitative estimate of drug-likeness (QED) is 0.580. The number of hydrogen-bond donors (Lipinski definition) is 1.